The number of carbonyl (C=O) groups excluding carboxylic acids is 1. The largest absolute Gasteiger partial charge is 0.281 e. The second-order valence-corrected chi connectivity index (χ2v) is 2.37. The van der Waals surface area contributed by atoms with E-state index in [1.54, 1.807) is 0 Å². The summed E-state index contributed by atoms with van der Waals surface area (Å²) in [6, 6.07) is 0. The topological polar surface area (TPSA) is 17.1 Å². The highest BCUT2D eigenvalue weighted by Crippen LogP contribution is 2.07. The molecular formula is C6H11ClO. The summed E-state index contributed by atoms with van der Waals surface area (Å²) in [7, 11) is 0. The van der Waals surface area contributed by atoms with Gasteiger partial charge in [-0.1, -0.05) is 20.3 Å². The van der Waals surface area contributed by atoms with Crippen molar-refractivity contribution in [3.05, 3.63) is 0 Å². The van der Waals surface area contributed by atoms with Crippen LogP contribution in [-0.2, 0) is 4.79 Å². The van der Waals surface area contributed by atoms with Crippen LogP contribution in [0.5, 0.6) is 0 Å². The average molecular weight is 135 g/mol. The molecule has 1 atom stereocenters. The number of hydrogen-bond acceptors (Lipinski definition) is 1. The molecule has 0 aromatic rings. The average Bonchev–Trinajstić information content (AvgIpc) is 1.67. The van der Waals surface area contributed by atoms with Gasteiger partial charge in [0.2, 0.25) is 5.24 Å². The summed E-state index contributed by atoms with van der Waals surface area (Å²) in [6.45, 7) is 3.88. The normalized spacial score (nSPS) is 13.4. The summed E-state index contributed by atoms with van der Waals surface area (Å²) in [4.78, 5) is 10.3. The quantitative estimate of drug-likeness (QED) is 0.541. The first-order valence-electron chi connectivity index (χ1n) is 2.87. The Morgan fingerprint density at radius 1 is 1.75 bits per heavy atom. The fraction of sp³-hybridized carbons (Fsp3) is 0.833. The van der Waals surface area contributed by atoms with Crippen LogP contribution in [0.1, 0.15) is 26.7 Å². The summed E-state index contributed by atoms with van der Waals surface area (Å²) in [5, 5.41) is -0.216. The molecule has 0 radical (unpaired) electrons. The van der Waals surface area contributed by atoms with Crippen LogP contribution in [0.15, 0.2) is 0 Å². The summed E-state index contributed by atoms with van der Waals surface area (Å²) < 4.78 is 0. The summed E-state index contributed by atoms with van der Waals surface area (Å²) in [5.41, 5.74) is 0. The molecule has 0 aliphatic carbocycles. The van der Waals surface area contributed by atoms with E-state index in [-0.39, 0.29) is 11.2 Å². The Kier molecular flexibility index (Phi) is 3.88. The summed E-state index contributed by atoms with van der Waals surface area (Å²) in [6.07, 6.45) is 1.93. The Balaban J connectivity index is 3.32. The van der Waals surface area contributed by atoms with Crippen LogP contribution in [0.3, 0.4) is 0 Å². The van der Waals surface area contributed by atoms with Gasteiger partial charge in [0, 0.05) is 5.92 Å². The van der Waals surface area contributed by atoms with Crippen molar-refractivity contribution >= 4 is 16.8 Å². The van der Waals surface area contributed by atoms with Crippen molar-refractivity contribution in [1.29, 1.82) is 0 Å². The zero-order valence-electron chi connectivity index (χ0n) is 5.28. The Morgan fingerprint density at radius 2 is 2.25 bits per heavy atom. The molecule has 0 saturated carbocycles. The van der Waals surface area contributed by atoms with Crippen LogP contribution in [0.25, 0.3) is 0 Å². The first kappa shape index (κ1) is 7.96. The number of halogens is 1. The standard InChI is InChI=1S/C6H11ClO/c1-3-4-5(2)6(7)8/h5H,3-4H2,1-2H3/t5-/m0/s1. The van der Waals surface area contributed by atoms with Gasteiger partial charge >= 0.3 is 0 Å². The van der Waals surface area contributed by atoms with E-state index in [4.69, 9.17) is 11.6 Å². The van der Waals surface area contributed by atoms with E-state index in [0.717, 1.165) is 12.8 Å². The monoisotopic (exact) mass is 134 g/mol. The lowest BCUT2D eigenvalue weighted by Crippen LogP contribution is -2.01. The molecule has 8 heavy (non-hydrogen) atoms. The first-order valence-corrected chi connectivity index (χ1v) is 3.25. The maximum absolute atomic E-state index is 10.3. The van der Waals surface area contributed by atoms with E-state index < -0.39 is 0 Å². The minimum absolute atomic E-state index is 0.0432. The number of carbonyl (C=O) groups is 1. The molecule has 0 spiro atoms. The van der Waals surface area contributed by atoms with E-state index >= 15 is 0 Å². The third kappa shape index (κ3) is 3.03. The second kappa shape index (κ2) is 3.90. The molecule has 0 rings (SSSR count). The van der Waals surface area contributed by atoms with E-state index in [1.165, 1.54) is 0 Å². The molecule has 0 unspecified atom stereocenters. The Hall–Kier alpha value is -0.0400. The molecule has 0 aromatic carbocycles. The van der Waals surface area contributed by atoms with E-state index in [0.29, 0.717) is 0 Å². The second-order valence-electron chi connectivity index (χ2n) is 1.99. The third-order valence-corrected chi connectivity index (χ3v) is 1.48. The highest BCUT2D eigenvalue weighted by atomic mass is 35.5. The lowest BCUT2D eigenvalue weighted by Gasteiger charge is -1.99. The fourth-order valence-corrected chi connectivity index (χ4v) is 0.656. The van der Waals surface area contributed by atoms with Crippen LogP contribution in [0, 0.1) is 5.92 Å². The van der Waals surface area contributed by atoms with Crippen LogP contribution in [0.4, 0.5) is 0 Å². The van der Waals surface area contributed by atoms with Crippen LogP contribution in [0.2, 0.25) is 0 Å². The number of rotatable bonds is 3. The van der Waals surface area contributed by atoms with Crippen LogP contribution in [-0.4, -0.2) is 5.24 Å². The molecule has 0 amide bonds. The van der Waals surface area contributed by atoms with E-state index in [2.05, 4.69) is 0 Å². The Bertz CT molecular complexity index is 80.6. The molecule has 0 bridgehead atoms. The molecule has 0 fully saturated rings. The highest BCUT2D eigenvalue weighted by molar-refractivity contribution is 6.63. The van der Waals surface area contributed by atoms with Crippen molar-refractivity contribution in [2.45, 2.75) is 26.7 Å². The van der Waals surface area contributed by atoms with Crippen molar-refractivity contribution in [2.75, 3.05) is 0 Å². The van der Waals surface area contributed by atoms with Crippen molar-refractivity contribution < 1.29 is 4.79 Å². The lowest BCUT2D eigenvalue weighted by molar-refractivity contribution is -0.114. The van der Waals surface area contributed by atoms with Crippen molar-refractivity contribution in [1.82, 2.24) is 0 Å². The van der Waals surface area contributed by atoms with Gasteiger partial charge in [-0.2, -0.15) is 0 Å². The number of hydrogen-bond donors (Lipinski definition) is 0. The predicted molar refractivity (Wildman–Crippen MR) is 34.9 cm³/mol. The minimum Gasteiger partial charge on any atom is -0.281 e. The van der Waals surface area contributed by atoms with Gasteiger partial charge in [0.05, 0.1) is 0 Å². The van der Waals surface area contributed by atoms with E-state index in [9.17, 15) is 4.79 Å². The molecule has 48 valence electrons. The molecule has 0 saturated heterocycles. The van der Waals surface area contributed by atoms with Crippen LogP contribution < -0.4 is 0 Å². The predicted octanol–water partition coefficient (Wildman–Crippen LogP) is 2.19. The summed E-state index contributed by atoms with van der Waals surface area (Å²) in [5.74, 6) is 0.0432. The molecule has 0 aliphatic rings. The van der Waals surface area contributed by atoms with Gasteiger partial charge in [-0.3, -0.25) is 4.79 Å². The molecule has 0 aromatic heterocycles. The molecule has 0 heterocycles. The maximum Gasteiger partial charge on any atom is 0.224 e. The van der Waals surface area contributed by atoms with Crippen molar-refractivity contribution in [2.24, 2.45) is 5.92 Å². The van der Waals surface area contributed by atoms with E-state index in [1.807, 2.05) is 13.8 Å². The highest BCUT2D eigenvalue weighted by Gasteiger charge is 2.06. The van der Waals surface area contributed by atoms with Crippen molar-refractivity contribution in [3.63, 3.8) is 0 Å². The van der Waals surface area contributed by atoms with Gasteiger partial charge in [-0.25, -0.2) is 0 Å². The first-order chi connectivity index (χ1) is 3.68. The van der Waals surface area contributed by atoms with Gasteiger partial charge in [-0.05, 0) is 18.0 Å². The van der Waals surface area contributed by atoms with Gasteiger partial charge in [0.25, 0.3) is 0 Å². The fourth-order valence-electron chi connectivity index (χ4n) is 0.546. The molecule has 1 nitrogen and oxygen atoms in total. The van der Waals surface area contributed by atoms with Gasteiger partial charge < -0.3 is 0 Å². The Morgan fingerprint density at radius 3 is 2.38 bits per heavy atom. The van der Waals surface area contributed by atoms with Crippen LogP contribution >= 0.6 is 11.6 Å². The van der Waals surface area contributed by atoms with Gasteiger partial charge in [-0.15, -0.1) is 0 Å². The molecular weight excluding hydrogens is 124 g/mol. The Labute approximate surface area is 55.0 Å². The third-order valence-electron chi connectivity index (χ3n) is 1.11. The summed E-state index contributed by atoms with van der Waals surface area (Å²) >= 11 is 5.17. The van der Waals surface area contributed by atoms with Gasteiger partial charge in [0.1, 0.15) is 0 Å². The minimum atomic E-state index is -0.216. The molecule has 2 heteroatoms. The van der Waals surface area contributed by atoms with Gasteiger partial charge in [0.15, 0.2) is 0 Å². The van der Waals surface area contributed by atoms with Crippen molar-refractivity contribution in [3.8, 4) is 0 Å². The lowest BCUT2D eigenvalue weighted by atomic mass is 10.1. The molecule has 0 N–H and O–H groups in total. The smallest absolute Gasteiger partial charge is 0.224 e. The zero-order valence-corrected chi connectivity index (χ0v) is 6.03. The zero-order chi connectivity index (χ0) is 6.57. The molecule has 0 aliphatic heterocycles. The maximum atomic E-state index is 10.3. The SMILES string of the molecule is CCC[C@H](C)C(=O)Cl.